The van der Waals surface area contributed by atoms with Gasteiger partial charge in [-0.3, -0.25) is 10.1 Å². The number of rotatable bonds is 4. The van der Waals surface area contributed by atoms with Crippen molar-refractivity contribution in [1.82, 2.24) is 9.97 Å². The third kappa shape index (κ3) is 3.16. The zero-order chi connectivity index (χ0) is 15.6. The Kier molecular flexibility index (Phi) is 4.18. The number of nitrogens with zero attached hydrogens (tertiary/aromatic N) is 3. The molecule has 0 aromatic carbocycles. The van der Waals surface area contributed by atoms with E-state index < -0.39 is 10.9 Å². The SMILES string of the molecule is Cc1cc(C)c(C(=O)O)c(Sc2ncccc2[N+](=O)[O-])n1. The summed E-state index contributed by atoms with van der Waals surface area (Å²) in [7, 11) is 0. The molecule has 0 amide bonds. The zero-order valence-electron chi connectivity index (χ0n) is 11.2. The van der Waals surface area contributed by atoms with Crippen LogP contribution in [0, 0.1) is 24.0 Å². The lowest BCUT2D eigenvalue weighted by atomic mass is 10.1. The van der Waals surface area contributed by atoms with Crippen molar-refractivity contribution in [2.45, 2.75) is 23.9 Å². The summed E-state index contributed by atoms with van der Waals surface area (Å²) in [4.78, 5) is 29.9. The Morgan fingerprint density at radius 2 is 2.10 bits per heavy atom. The van der Waals surface area contributed by atoms with Gasteiger partial charge < -0.3 is 5.11 Å². The van der Waals surface area contributed by atoms with Crippen molar-refractivity contribution in [3.63, 3.8) is 0 Å². The number of aryl methyl sites for hydroxylation is 2. The molecule has 0 radical (unpaired) electrons. The molecule has 0 aliphatic rings. The van der Waals surface area contributed by atoms with E-state index in [-0.39, 0.29) is 21.3 Å². The molecule has 0 spiro atoms. The average Bonchev–Trinajstić information content (AvgIpc) is 2.37. The molecule has 2 aromatic heterocycles. The Morgan fingerprint density at radius 1 is 1.38 bits per heavy atom. The van der Waals surface area contributed by atoms with Crippen LogP contribution in [0.3, 0.4) is 0 Å². The maximum absolute atomic E-state index is 11.4. The summed E-state index contributed by atoms with van der Waals surface area (Å²) >= 11 is 0.881. The molecule has 0 unspecified atom stereocenters. The monoisotopic (exact) mass is 305 g/mol. The molecular weight excluding hydrogens is 294 g/mol. The van der Waals surface area contributed by atoms with Crippen LogP contribution in [0.25, 0.3) is 0 Å². The number of carbonyl (C=O) groups is 1. The minimum absolute atomic E-state index is 0.0329. The molecule has 2 rings (SSSR count). The van der Waals surface area contributed by atoms with Crippen LogP contribution < -0.4 is 0 Å². The van der Waals surface area contributed by atoms with Gasteiger partial charge in [-0.25, -0.2) is 14.8 Å². The van der Waals surface area contributed by atoms with Crippen molar-refractivity contribution in [1.29, 1.82) is 0 Å². The van der Waals surface area contributed by atoms with Crippen LogP contribution in [0.2, 0.25) is 0 Å². The third-order valence-corrected chi connectivity index (χ3v) is 3.66. The number of nitro groups is 1. The largest absolute Gasteiger partial charge is 0.478 e. The summed E-state index contributed by atoms with van der Waals surface area (Å²) in [6.45, 7) is 3.39. The van der Waals surface area contributed by atoms with E-state index in [1.54, 1.807) is 19.9 Å². The average molecular weight is 305 g/mol. The first-order valence-electron chi connectivity index (χ1n) is 5.89. The molecule has 2 aromatic rings. The molecule has 108 valence electrons. The Morgan fingerprint density at radius 3 is 2.71 bits per heavy atom. The summed E-state index contributed by atoms with van der Waals surface area (Å²) in [5.41, 5.74) is 1.04. The molecule has 2 heterocycles. The summed E-state index contributed by atoms with van der Waals surface area (Å²) in [5.74, 6) is -1.12. The molecule has 0 saturated carbocycles. The number of hydrogen-bond acceptors (Lipinski definition) is 6. The summed E-state index contributed by atoms with van der Waals surface area (Å²) in [6, 6.07) is 4.42. The van der Waals surface area contributed by atoms with Crippen LogP contribution in [0.4, 0.5) is 5.69 Å². The minimum Gasteiger partial charge on any atom is -0.478 e. The molecular formula is C13H11N3O4S. The van der Waals surface area contributed by atoms with Gasteiger partial charge in [-0.15, -0.1) is 0 Å². The van der Waals surface area contributed by atoms with Crippen molar-refractivity contribution < 1.29 is 14.8 Å². The van der Waals surface area contributed by atoms with E-state index in [2.05, 4.69) is 9.97 Å². The molecule has 0 aliphatic carbocycles. The van der Waals surface area contributed by atoms with Gasteiger partial charge in [-0.1, -0.05) is 0 Å². The molecule has 0 atom stereocenters. The van der Waals surface area contributed by atoms with Gasteiger partial charge in [0.25, 0.3) is 0 Å². The number of hydrogen-bond donors (Lipinski definition) is 1. The lowest BCUT2D eigenvalue weighted by Gasteiger charge is -2.08. The van der Waals surface area contributed by atoms with Crippen molar-refractivity contribution >= 4 is 23.4 Å². The molecule has 0 aliphatic heterocycles. The van der Waals surface area contributed by atoms with Crippen molar-refractivity contribution in [2.24, 2.45) is 0 Å². The lowest BCUT2D eigenvalue weighted by molar-refractivity contribution is -0.388. The predicted octanol–water partition coefficient (Wildman–Crippen LogP) is 2.85. The second-order valence-corrected chi connectivity index (χ2v) is 5.23. The maximum Gasteiger partial charge on any atom is 0.338 e. The number of carboxylic acids is 1. The summed E-state index contributed by atoms with van der Waals surface area (Å²) in [5, 5.41) is 20.6. The first-order valence-corrected chi connectivity index (χ1v) is 6.70. The van der Waals surface area contributed by atoms with Gasteiger partial charge >= 0.3 is 11.7 Å². The normalized spacial score (nSPS) is 10.4. The van der Waals surface area contributed by atoms with Gasteiger partial charge in [0.1, 0.15) is 5.03 Å². The molecule has 0 saturated heterocycles. The van der Waals surface area contributed by atoms with Crippen LogP contribution in [-0.2, 0) is 0 Å². The van der Waals surface area contributed by atoms with E-state index in [1.165, 1.54) is 18.3 Å². The smallest absolute Gasteiger partial charge is 0.338 e. The Hall–Kier alpha value is -2.48. The third-order valence-electron chi connectivity index (χ3n) is 2.67. The predicted molar refractivity (Wildman–Crippen MR) is 75.7 cm³/mol. The van der Waals surface area contributed by atoms with E-state index in [0.29, 0.717) is 11.3 Å². The summed E-state index contributed by atoms with van der Waals surface area (Å²) < 4.78 is 0. The fourth-order valence-corrected chi connectivity index (χ4v) is 2.91. The van der Waals surface area contributed by atoms with E-state index in [1.807, 2.05) is 0 Å². The Bertz CT molecular complexity index is 733. The second kappa shape index (κ2) is 5.88. The Labute approximate surface area is 124 Å². The number of aromatic carboxylic acids is 1. The van der Waals surface area contributed by atoms with Gasteiger partial charge in [0.05, 0.1) is 10.5 Å². The molecule has 7 nitrogen and oxygen atoms in total. The highest BCUT2D eigenvalue weighted by Gasteiger charge is 2.21. The van der Waals surface area contributed by atoms with Crippen LogP contribution in [0.15, 0.2) is 34.4 Å². The highest BCUT2D eigenvalue weighted by atomic mass is 32.2. The summed E-state index contributed by atoms with van der Waals surface area (Å²) in [6.07, 6.45) is 1.42. The first-order chi connectivity index (χ1) is 9.90. The Balaban J connectivity index is 2.54. The van der Waals surface area contributed by atoms with Crippen LogP contribution in [-0.4, -0.2) is 26.0 Å². The van der Waals surface area contributed by atoms with Gasteiger partial charge in [-0.2, -0.15) is 0 Å². The highest BCUT2D eigenvalue weighted by molar-refractivity contribution is 7.99. The van der Waals surface area contributed by atoms with Crippen molar-refractivity contribution in [3.8, 4) is 0 Å². The maximum atomic E-state index is 11.4. The number of aromatic nitrogens is 2. The standard InChI is InChI=1S/C13H11N3O4S/c1-7-6-8(2)15-12(10(7)13(17)18)21-11-9(16(19)20)4-3-5-14-11/h3-6H,1-2H3,(H,17,18). The van der Waals surface area contributed by atoms with Crippen LogP contribution >= 0.6 is 11.8 Å². The van der Waals surface area contributed by atoms with E-state index in [4.69, 9.17) is 0 Å². The molecule has 0 fully saturated rings. The van der Waals surface area contributed by atoms with Gasteiger partial charge in [0.15, 0.2) is 5.03 Å². The second-order valence-electron chi connectivity index (χ2n) is 4.25. The molecule has 0 bridgehead atoms. The minimum atomic E-state index is -1.12. The van der Waals surface area contributed by atoms with Crippen LogP contribution in [0.1, 0.15) is 21.6 Å². The molecule has 1 N–H and O–H groups in total. The fraction of sp³-hybridized carbons (Fsp3) is 0.154. The van der Waals surface area contributed by atoms with Crippen molar-refractivity contribution in [2.75, 3.05) is 0 Å². The molecule has 8 heteroatoms. The van der Waals surface area contributed by atoms with E-state index in [9.17, 15) is 20.0 Å². The number of carboxylic acid groups (broad SMARTS) is 1. The van der Waals surface area contributed by atoms with E-state index >= 15 is 0 Å². The van der Waals surface area contributed by atoms with E-state index in [0.717, 1.165) is 11.8 Å². The topological polar surface area (TPSA) is 106 Å². The van der Waals surface area contributed by atoms with Crippen molar-refractivity contribution in [3.05, 3.63) is 51.3 Å². The quantitative estimate of drug-likeness (QED) is 0.683. The van der Waals surface area contributed by atoms with Gasteiger partial charge in [0, 0.05) is 18.0 Å². The van der Waals surface area contributed by atoms with Crippen LogP contribution in [0.5, 0.6) is 0 Å². The highest BCUT2D eigenvalue weighted by Crippen LogP contribution is 2.34. The number of pyridine rings is 2. The lowest BCUT2D eigenvalue weighted by Crippen LogP contribution is -2.05. The molecule has 21 heavy (non-hydrogen) atoms. The zero-order valence-corrected chi connectivity index (χ0v) is 12.0. The van der Waals surface area contributed by atoms with Gasteiger partial charge in [0.2, 0.25) is 0 Å². The first kappa shape index (κ1) is 14.9. The fourth-order valence-electron chi connectivity index (χ4n) is 1.83. The van der Waals surface area contributed by atoms with Gasteiger partial charge in [-0.05, 0) is 43.3 Å².